The van der Waals surface area contributed by atoms with Crippen LogP contribution in [0.2, 0.25) is 0 Å². The molecule has 0 spiro atoms. The van der Waals surface area contributed by atoms with Crippen molar-refractivity contribution in [3.63, 3.8) is 0 Å². The molecule has 1 aromatic rings. The van der Waals surface area contributed by atoms with Crippen molar-refractivity contribution in [1.82, 2.24) is 4.90 Å². The first-order valence-corrected chi connectivity index (χ1v) is 6.54. The maximum Gasteiger partial charge on any atom is 0.0429 e. The molecule has 0 saturated heterocycles. The van der Waals surface area contributed by atoms with Gasteiger partial charge in [0, 0.05) is 31.4 Å². The third kappa shape index (κ3) is 2.37. The zero-order valence-corrected chi connectivity index (χ0v) is 10.4. The van der Waals surface area contributed by atoms with Crippen molar-refractivity contribution in [3.05, 3.63) is 41.5 Å². The molecule has 0 aliphatic carbocycles. The van der Waals surface area contributed by atoms with Crippen LogP contribution in [0.15, 0.2) is 35.9 Å². The maximum atomic E-state index is 3.64. The average Bonchev–Trinajstić information content (AvgIpc) is 2.71. The highest BCUT2D eigenvalue weighted by Gasteiger charge is 2.22. The molecule has 0 saturated carbocycles. The fraction of sp³-hybridized carbons (Fsp3) is 0.467. The van der Waals surface area contributed by atoms with E-state index in [0.29, 0.717) is 6.04 Å². The predicted octanol–water partition coefficient (Wildman–Crippen LogP) is 2.68. The number of para-hydroxylation sites is 1. The van der Waals surface area contributed by atoms with E-state index in [2.05, 4.69) is 47.5 Å². The molecule has 0 radical (unpaired) electrons. The van der Waals surface area contributed by atoms with Crippen LogP contribution in [0.5, 0.6) is 0 Å². The van der Waals surface area contributed by atoms with Crippen LogP contribution in [-0.4, -0.2) is 30.6 Å². The molecule has 2 aliphatic rings. The molecule has 2 nitrogen and oxygen atoms in total. The molecule has 1 aromatic carbocycles. The number of nitrogens with zero attached hydrogens (tertiary/aromatic N) is 1. The maximum absolute atomic E-state index is 3.64. The summed E-state index contributed by atoms with van der Waals surface area (Å²) >= 11 is 0. The lowest BCUT2D eigenvalue weighted by atomic mass is 10.1. The van der Waals surface area contributed by atoms with E-state index in [1.54, 1.807) is 0 Å². The molecule has 2 heterocycles. The van der Waals surface area contributed by atoms with E-state index >= 15 is 0 Å². The van der Waals surface area contributed by atoms with Crippen LogP contribution in [0.4, 0.5) is 5.69 Å². The van der Waals surface area contributed by atoms with Crippen molar-refractivity contribution >= 4 is 5.69 Å². The second kappa shape index (κ2) is 4.53. The van der Waals surface area contributed by atoms with E-state index in [1.807, 2.05) is 0 Å². The van der Waals surface area contributed by atoms with E-state index in [-0.39, 0.29) is 0 Å². The molecule has 3 rings (SSSR count). The summed E-state index contributed by atoms with van der Waals surface area (Å²) in [7, 11) is 0. The fourth-order valence-electron chi connectivity index (χ4n) is 2.94. The Hall–Kier alpha value is -1.28. The van der Waals surface area contributed by atoms with Gasteiger partial charge in [0.25, 0.3) is 0 Å². The summed E-state index contributed by atoms with van der Waals surface area (Å²) in [6, 6.07) is 9.28. The molecule has 2 heteroatoms. The van der Waals surface area contributed by atoms with Crippen molar-refractivity contribution in [2.24, 2.45) is 0 Å². The van der Waals surface area contributed by atoms with E-state index in [1.165, 1.54) is 42.8 Å². The Balaban J connectivity index is 1.61. The lowest BCUT2D eigenvalue weighted by molar-refractivity contribution is 0.279. The third-order valence-corrected chi connectivity index (χ3v) is 3.73. The van der Waals surface area contributed by atoms with E-state index in [4.69, 9.17) is 0 Å². The van der Waals surface area contributed by atoms with Crippen LogP contribution in [0.3, 0.4) is 0 Å². The zero-order valence-electron chi connectivity index (χ0n) is 10.4. The average molecular weight is 228 g/mol. The monoisotopic (exact) mass is 228 g/mol. The smallest absolute Gasteiger partial charge is 0.0429 e. The summed E-state index contributed by atoms with van der Waals surface area (Å²) in [5.74, 6) is 0. The largest absolute Gasteiger partial charge is 0.380 e. The minimum Gasteiger partial charge on any atom is -0.380 e. The Kier molecular flexibility index (Phi) is 2.89. The minimum absolute atomic E-state index is 0.596. The Labute approximate surface area is 103 Å². The summed E-state index contributed by atoms with van der Waals surface area (Å²) < 4.78 is 0. The van der Waals surface area contributed by atoms with Crippen molar-refractivity contribution in [3.8, 4) is 0 Å². The molecule has 17 heavy (non-hydrogen) atoms. The molecule has 1 unspecified atom stereocenters. The van der Waals surface area contributed by atoms with Gasteiger partial charge in [-0.1, -0.05) is 29.8 Å². The molecule has 1 atom stereocenters. The van der Waals surface area contributed by atoms with Crippen molar-refractivity contribution in [1.29, 1.82) is 0 Å². The standard InChI is InChI=1S/C15H20N2/c1-12-5-4-8-17(10-12)11-14-9-13-6-2-3-7-15(13)16-14/h2-3,5-7,14,16H,4,8-11H2,1H3. The van der Waals surface area contributed by atoms with E-state index < -0.39 is 0 Å². The molecule has 0 aromatic heterocycles. The first-order chi connectivity index (χ1) is 8.31. The molecule has 0 bridgehead atoms. The summed E-state index contributed by atoms with van der Waals surface area (Å²) in [5, 5.41) is 3.64. The van der Waals surface area contributed by atoms with Gasteiger partial charge < -0.3 is 5.32 Å². The molecule has 1 N–H and O–H groups in total. The SMILES string of the molecule is CC1=CCCN(CC2Cc3ccccc3N2)C1. The van der Waals surface area contributed by atoms with Gasteiger partial charge in [-0.05, 0) is 31.4 Å². The second-order valence-electron chi connectivity index (χ2n) is 5.28. The van der Waals surface area contributed by atoms with Crippen LogP contribution < -0.4 is 5.32 Å². The number of benzene rings is 1. The van der Waals surface area contributed by atoms with Crippen LogP contribution in [-0.2, 0) is 6.42 Å². The predicted molar refractivity (Wildman–Crippen MR) is 72.4 cm³/mol. The van der Waals surface area contributed by atoms with Crippen molar-refractivity contribution in [2.75, 3.05) is 25.0 Å². The number of anilines is 1. The van der Waals surface area contributed by atoms with Gasteiger partial charge in [-0.2, -0.15) is 0 Å². The lowest BCUT2D eigenvalue weighted by Crippen LogP contribution is -2.38. The number of hydrogen-bond donors (Lipinski definition) is 1. The number of nitrogens with one attached hydrogen (secondary N) is 1. The molecular weight excluding hydrogens is 208 g/mol. The van der Waals surface area contributed by atoms with Gasteiger partial charge in [-0.15, -0.1) is 0 Å². The number of rotatable bonds is 2. The third-order valence-electron chi connectivity index (χ3n) is 3.73. The topological polar surface area (TPSA) is 15.3 Å². The minimum atomic E-state index is 0.596. The van der Waals surface area contributed by atoms with Crippen molar-refractivity contribution < 1.29 is 0 Å². The quantitative estimate of drug-likeness (QED) is 0.783. The van der Waals surface area contributed by atoms with Gasteiger partial charge in [0.2, 0.25) is 0 Å². The molecule has 0 amide bonds. The van der Waals surface area contributed by atoms with Crippen LogP contribution in [0.1, 0.15) is 18.9 Å². The number of hydrogen-bond acceptors (Lipinski definition) is 2. The van der Waals surface area contributed by atoms with Gasteiger partial charge >= 0.3 is 0 Å². The van der Waals surface area contributed by atoms with Gasteiger partial charge in [-0.3, -0.25) is 4.90 Å². The zero-order chi connectivity index (χ0) is 11.7. The summed E-state index contributed by atoms with van der Waals surface area (Å²) in [5.41, 5.74) is 4.33. The van der Waals surface area contributed by atoms with Crippen LogP contribution >= 0.6 is 0 Å². The highest BCUT2D eigenvalue weighted by atomic mass is 15.2. The first kappa shape index (κ1) is 10.8. The van der Waals surface area contributed by atoms with Gasteiger partial charge in [0.1, 0.15) is 0 Å². The Morgan fingerprint density at radius 3 is 3.06 bits per heavy atom. The number of fused-ring (bicyclic) bond motifs is 1. The first-order valence-electron chi connectivity index (χ1n) is 6.54. The molecular formula is C15H20N2. The van der Waals surface area contributed by atoms with E-state index in [0.717, 1.165) is 6.54 Å². The van der Waals surface area contributed by atoms with Crippen LogP contribution in [0.25, 0.3) is 0 Å². The van der Waals surface area contributed by atoms with Crippen LogP contribution in [0, 0.1) is 0 Å². The molecule has 90 valence electrons. The normalized spacial score (nSPS) is 24.1. The summed E-state index contributed by atoms with van der Waals surface area (Å²) in [6.45, 7) is 5.77. The summed E-state index contributed by atoms with van der Waals surface area (Å²) in [6.07, 6.45) is 4.76. The lowest BCUT2D eigenvalue weighted by Gasteiger charge is -2.28. The molecule has 0 fully saturated rings. The highest BCUT2D eigenvalue weighted by Crippen LogP contribution is 2.25. The summed E-state index contributed by atoms with van der Waals surface area (Å²) in [4.78, 5) is 2.57. The van der Waals surface area contributed by atoms with Gasteiger partial charge in [0.15, 0.2) is 0 Å². The van der Waals surface area contributed by atoms with Gasteiger partial charge in [0.05, 0.1) is 0 Å². The van der Waals surface area contributed by atoms with E-state index in [9.17, 15) is 0 Å². The second-order valence-corrected chi connectivity index (χ2v) is 5.28. The van der Waals surface area contributed by atoms with Crippen molar-refractivity contribution in [2.45, 2.75) is 25.8 Å². The Morgan fingerprint density at radius 1 is 1.35 bits per heavy atom. The highest BCUT2D eigenvalue weighted by molar-refractivity contribution is 5.56. The fourth-order valence-corrected chi connectivity index (χ4v) is 2.94. The Bertz CT molecular complexity index is 411. The Morgan fingerprint density at radius 2 is 2.24 bits per heavy atom. The molecule has 2 aliphatic heterocycles. The van der Waals surface area contributed by atoms with Gasteiger partial charge in [-0.25, -0.2) is 0 Å².